The predicted octanol–water partition coefficient (Wildman–Crippen LogP) is 3.58. The highest BCUT2D eigenvalue weighted by molar-refractivity contribution is 7.86. The average Bonchev–Trinajstić information content (AvgIpc) is 2.85. The van der Waals surface area contributed by atoms with E-state index in [1.807, 2.05) is 0 Å². The number of rotatable bonds is 4. The second kappa shape index (κ2) is 5.69. The van der Waals surface area contributed by atoms with E-state index in [1.54, 1.807) is 18.2 Å². The summed E-state index contributed by atoms with van der Waals surface area (Å²) in [6.45, 7) is 0. The van der Waals surface area contributed by atoms with Gasteiger partial charge in [0.25, 0.3) is 0 Å². The lowest BCUT2D eigenvalue weighted by Gasteiger charge is -2.03. The van der Waals surface area contributed by atoms with Crippen LogP contribution in [0.25, 0.3) is 0 Å². The van der Waals surface area contributed by atoms with Crippen LogP contribution in [0, 0.1) is 0 Å². The summed E-state index contributed by atoms with van der Waals surface area (Å²) in [6, 6.07) is 7.77. The lowest BCUT2D eigenvalue weighted by molar-refractivity contribution is 0.0991. The first-order valence-electron chi connectivity index (χ1n) is 4.98. The van der Waals surface area contributed by atoms with E-state index in [-0.39, 0.29) is 17.3 Å². The van der Waals surface area contributed by atoms with Gasteiger partial charge >= 0.3 is 0 Å². The van der Waals surface area contributed by atoms with Crippen LogP contribution in [0.5, 0.6) is 0 Å². The summed E-state index contributed by atoms with van der Waals surface area (Å²) in [7, 11) is -1.55. The van der Waals surface area contributed by atoms with Crippen molar-refractivity contribution < 1.29 is 13.4 Å². The van der Waals surface area contributed by atoms with Crippen molar-refractivity contribution in [1.29, 1.82) is 0 Å². The number of benzene rings is 1. The monoisotopic (exact) mass is 302 g/mol. The fraction of sp³-hybridized carbons (Fsp3) is 0.0833. The van der Waals surface area contributed by atoms with E-state index in [9.17, 15) is 9.00 Å². The van der Waals surface area contributed by atoms with Gasteiger partial charge in [0.15, 0.2) is 5.76 Å². The molecular formula is C12H8Cl2O3S. The molecule has 1 aromatic carbocycles. The summed E-state index contributed by atoms with van der Waals surface area (Å²) >= 11 is 11.7. The Bertz CT molecular complexity index is 593. The van der Waals surface area contributed by atoms with Crippen molar-refractivity contribution in [1.82, 2.24) is 0 Å². The van der Waals surface area contributed by atoms with E-state index in [1.165, 1.54) is 18.4 Å². The molecule has 6 heteroatoms. The molecule has 1 atom stereocenters. The van der Waals surface area contributed by atoms with E-state index < -0.39 is 10.8 Å². The molecule has 0 fully saturated rings. The fourth-order valence-electron chi connectivity index (χ4n) is 1.36. The smallest absolute Gasteiger partial charge is 0.210 e. The van der Waals surface area contributed by atoms with Crippen molar-refractivity contribution in [2.75, 3.05) is 5.75 Å². The Balaban J connectivity index is 2.17. The SMILES string of the molecule is O=C(CS(=O)c1cc(Cl)ccc1Cl)c1ccco1. The van der Waals surface area contributed by atoms with Gasteiger partial charge in [-0.05, 0) is 30.3 Å². The van der Waals surface area contributed by atoms with Crippen LogP contribution in [0.2, 0.25) is 10.0 Å². The summed E-state index contributed by atoms with van der Waals surface area (Å²) < 4.78 is 17.0. The van der Waals surface area contributed by atoms with Gasteiger partial charge in [0, 0.05) is 5.02 Å². The molecule has 0 aliphatic carbocycles. The third-order valence-corrected chi connectivity index (χ3v) is 4.23. The van der Waals surface area contributed by atoms with Crippen LogP contribution >= 0.6 is 23.2 Å². The molecule has 3 nitrogen and oxygen atoms in total. The molecule has 0 saturated carbocycles. The third kappa shape index (κ3) is 3.02. The molecule has 0 saturated heterocycles. The molecule has 1 unspecified atom stereocenters. The summed E-state index contributed by atoms with van der Waals surface area (Å²) in [5, 5.41) is 0.748. The molecule has 0 radical (unpaired) electrons. The van der Waals surface area contributed by atoms with Crippen LogP contribution in [0.15, 0.2) is 45.9 Å². The van der Waals surface area contributed by atoms with Gasteiger partial charge < -0.3 is 4.42 Å². The van der Waals surface area contributed by atoms with Crippen LogP contribution in [-0.4, -0.2) is 15.7 Å². The van der Waals surface area contributed by atoms with Crippen LogP contribution < -0.4 is 0 Å². The summed E-state index contributed by atoms with van der Waals surface area (Å²) in [6.07, 6.45) is 1.39. The quantitative estimate of drug-likeness (QED) is 0.811. The van der Waals surface area contributed by atoms with E-state index in [2.05, 4.69) is 0 Å². The van der Waals surface area contributed by atoms with Crippen molar-refractivity contribution in [3.8, 4) is 0 Å². The highest BCUT2D eigenvalue weighted by Crippen LogP contribution is 2.24. The predicted molar refractivity (Wildman–Crippen MR) is 70.8 cm³/mol. The Hall–Kier alpha value is -1.10. The van der Waals surface area contributed by atoms with Crippen LogP contribution in [0.1, 0.15) is 10.6 Å². The zero-order chi connectivity index (χ0) is 13.1. The number of hydrogen-bond donors (Lipinski definition) is 0. The largest absolute Gasteiger partial charge is 0.461 e. The topological polar surface area (TPSA) is 47.3 Å². The Kier molecular flexibility index (Phi) is 4.22. The number of carbonyl (C=O) groups excluding carboxylic acids is 1. The normalized spacial score (nSPS) is 12.3. The number of furan rings is 1. The minimum absolute atomic E-state index is 0.182. The second-order valence-electron chi connectivity index (χ2n) is 3.47. The standard InChI is InChI=1S/C12H8Cl2O3S/c13-8-3-4-9(14)12(6-8)18(16)7-10(15)11-2-1-5-17-11/h1-6H,7H2. The number of ketones is 1. The van der Waals surface area contributed by atoms with Gasteiger partial charge in [-0.1, -0.05) is 23.2 Å². The lowest BCUT2D eigenvalue weighted by Crippen LogP contribution is -2.10. The van der Waals surface area contributed by atoms with Crippen LogP contribution in [-0.2, 0) is 10.8 Å². The highest BCUT2D eigenvalue weighted by atomic mass is 35.5. The number of hydrogen-bond acceptors (Lipinski definition) is 3. The van der Waals surface area contributed by atoms with E-state index in [4.69, 9.17) is 27.6 Å². The van der Waals surface area contributed by atoms with E-state index >= 15 is 0 Å². The molecule has 1 aromatic heterocycles. The van der Waals surface area contributed by atoms with Crippen LogP contribution in [0.4, 0.5) is 0 Å². The van der Waals surface area contributed by atoms with Crippen molar-refractivity contribution in [2.45, 2.75) is 4.90 Å². The summed E-state index contributed by atoms with van der Waals surface area (Å²) in [4.78, 5) is 12.1. The van der Waals surface area contributed by atoms with Gasteiger partial charge in [-0.15, -0.1) is 0 Å². The van der Waals surface area contributed by atoms with Gasteiger partial charge in [-0.2, -0.15) is 0 Å². The molecule has 0 aliphatic heterocycles. The van der Waals surface area contributed by atoms with Gasteiger partial charge in [0.1, 0.15) is 0 Å². The Morgan fingerprint density at radius 1 is 1.28 bits per heavy atom. The minimum Gasteiger partial charge on any atom is -0.461 e. The molecule has 94 valence electrons. The Labute approximate surface area is 116 Å². The molecule has 2 rings (SSSR count). The van der Waals surface area contributed by atoms with Gasteiger partial charge in [-0.3, -0.25) is 9.00 Å². The second-order valence-corrected chi connectivity index (χ2v) is 5.73. The molecule has 1 heterocycles. The number of carbonyl (C=O) groups is 1. The molecule has 0 N–H and O–H groups in total. The molecule has 18 heavy (non-hydrogen) atoms. The number of Topliss-reactive ketones (excluding diaryl/α,β-unsaturated/α-hetero) is 1. The minimum atomic E-state index is -1.55. The molecule has 0 aliphatic rings. The van der Waals surface area contributed by atoms with E-state index in [0.717, 1.165) is 0 Å². The molecule has 2 aromatic rings. The van der Waals surface area contributed by atoms with Crippen molar-refractivity contribution in [3.63, 3.8) is 0 Å². The summed E-state index contributed by atoms with van der Waals surface area (Å²) in [5.41, 5.74) is 0. The van der Waals surface area contributed by atoms with E-state index in [0.29, 0.717) is 14.9 Å². The van der Waals surface area contributed by atoms with Crippen molar-refractivity contribution in [3.05, 3.63) is 52.4 Å². The highest BCUT2D eigenvalue weighted by Gasteiger charge is 2.16. The number of halogens is 2. The molecule has 0 amide bonds. The first-order valence-corrected chi connectivity index (χ1v) is 7.05. The Morgan fingerprint density at radius 3 is 2.72 bits per heavy atom. The maximum absolute atomic E-state index is 12.0. The summed E-state index contributed by atoms with van der Waals surface area (Å²) in [5.74, 6) is -0.344. The van der Waals surface area contributed by atoms with Crippen molar-refractivity contribution >= 4 is 39.8 Å². The van der Waals surface area contributed by atoms with Gasteiger partial charge in [0.05, 0.1) is 32.7 Å². The van der Waals surface area contributed by atoms with Crippen molar-refractivity contribution in [2.24, 2.45) is 0 Å². The van der Waals surface area contributed by atoms with Crippen LogP contribution in [0.3, 0.4) is 0 Å². The molecule has 0 bridgehead atoms. The molecular weight excluding hydrogens is 295 g/mol. The maximum atomic E-state index is 12.0. The van der Waals surface area contributed by atoms with Gasteiger partial charge in [-0.25, -0.2) is 0 Å². The Morgan fingerprint density at radius 2 is 2.06 bits per heavy atom. The molecule has 0 spiro atoms. The van der Waals surface area contributed by atoms with Gasteiger partial charge in [0.2, 0.25) is 5.78 Å². The first kappa shape index (κ1) is 13.3. The zero-order valence-corrected chi connectivity index (χ0v) is 11.4. The maximum Gasteiger partial charge on any atom is 0.210 e. The lowest BCUT2D eigenvalue weighted by atomic mass is 10.3. The fourth-order valence-corrected chi connectivity index (χ4v) is 3.05. The first-order chi connectivity index (χ1) is 8.58. The third-order valence-electron chi connectivity index (χ3n) is 2.20. The zero-order valence-electron chi connectivity index (χ0n) is 9.06. The average molecular weight is 303 g/mol.